The van der Waals surface area contributed by atoms with Crippen molar-refractivity contribution < 1.29 is 18.3 Å². The number of benzene rings is 2. The van der Waals surface area contributed by atoms with Crippen LogP contribution < -0.4 is 15.1 Å². The summed E-state index contributed by atoms with van der Waals surface area (Å²) < 4.78 is 25.3. The van der Waals surface area contributed by atoms with Gasteiger partial charge >= 0.3 is 0 Å². The van der Waals surface area contributed by atoms with Gasteiger partial charge in [-0.2, -0.15) is 0 Å². The fraction of sp³-hybridized carbons (Fsp3) is 0.0833. The number of rotatable bonds is 5. The number of anilines is 1. The van der Waals surface area contributed by atoms with Crippen LogP contribution in [-0.4, -0.2) is 22.5 Å². The lowest BCUT2D eigenvalue weighted by Gasteiger charge is -2.23. The lowest BCUT2D eigenvalue weighted by molar-refractivity contribution is 0.0969. The quantitative estimate of drug-likeness (QED) is 0.445. The summed E-state index contributed by atoms with van der Waals surface area (Å²) in [7, 11) is 0. The Bertz CT molecular complexity index is 1420. The highest BCUT2D eigenvalue weighted by molar-refractivity contribution is 6.09. The van der Waals surface area contributed by atoms with Crippen LogP contribution in [-0.2, 0) is 0 Å². The van der Waals surface area contributed by atoms with Gasteiger partial charge in [0.05, 0.1) is 17.0 Å². The van der Waals surface area contributed by atoms with Gasteiger partial charge in [0.25, 0.3) is 5.91 Å². The Labute approximate surface area is 181 Å². The van der Waals surface area contributed by atoms with Crippen molar-refractivity contribution in [2.75, 3.05) is 11.5 Å². The summed E-state index contributed by atoms with van der Waals surface area (Å²) in [5.41, 5.74) is 0.326. The summed E-state index contributed by atoms with van der Waals surface area (Å²) in [6.45, 7) is 3.93. The van der Waals surface area contributed by atoms with Crippen molar-refractivity contribution in [2.24, 2.45) is 0 Å². The Morgan fingerprint density at radius 1 is 1.12 bits per heavy atom. The Kier molecular flexibility index (Phi) is 4.74. The normalized spacial score (nSPS) is 15.1. The first kappa shape index (κ1) is 19.6. The smallest absolute Gasteiger partial charge is 0.297 e. The zero-order valence-corrected chi connectivity index (χ0v) is 16.7. The van der Waals surface area contributed by atoms with E-state index < -0.39 is 23.2 Å². The Morgan fingerprint density at radius 3 is 2.72 bits per heavy atom. The molecule has 1 atom stereocenters. The van der Waals surface area contributed by atoms with Gasteiger partial charge in [0.2, 0.25) is 11.7 Å². The molecule has 2 aromatic heterocycles. The van der Waals surface area contributed by atoms with Crippen molar-refractivity contribution >= 4 is 22.8 Å². The van der Waals surface area contributed by atoms with E-state index in [0.29, 0.717) is 17.9 Å². The van der Waals surface area contributed by atoms with E-state index in [2.05, 4.69) is 16.5 Å². The van der Waals surface area contributed by atoms with Gasteiger partial charge in [0.1, 0.15) is 23.8 Å². The summed E-state index contributed by atoms with van der Waals surface area (Å²) in [4.78, 5) is 36.5. The first-order valence-corrected chi connectivity index (χ1v) is 9.79. The Balaban J connectivity index is 1.77. The fourth-order valence-corrected chi connectivity index (χ4v) is 3.81. The van der Waals surface area contributed by atoms with E-state index in [0.717, 1.165) is 6.07 Å². The number of aromatic nitrogens is 2. The molecular formula is C24H16FN3O4. The van der Waals surface area contributed by atoms with Crippen molar-refractivity contribution in [3.63, 3.8) is 0 Å². The van der Waals surface area contributed by atoms with Crippen molar-refractivity contribution in [3.05, 3.63) is 107 Å². The molecule has 0 aliphatic carbocycles. The molecule has 2 aromatic carbocycles. The molecule has 3 heterocycles. The van der Waals surface area contributed by atoms with Crippen LogP contribution in [0.25, 0.3) is 11.0 Å². The number of nitrogens with zero attached hydrogens (tertiary/aromatic N) is 3. The highest BCUT2D eigenvalue weighted by Gasteiger charge is 2.45. The molecular weight excluding hydrogens is 413 g/mol. The monoisotopic (exact) mass is 429 g/mol. The Morgan fingerprint density at radius 2 is 1.94 bits per heavy atom. The van der Waals surface area contributed by atoms with Crippen molar-refractivity contribution in [3.8, 4) is 5.75 Å². The molecule has 0 spiro atoms. The second kappa shape index (κ2) is 7.73. The van der Waals surface area contributed by atoms with Gasteiger partial charge in [-0.15, -0.1) is 0 Å². The van der Waals surface area contributed by atoms with Gasteiger partial charge < -0.3 is 9.15 Å². The van der Waals surface area contributed by atoms with E-state index in [1.165, 1.54) is 29.4 Å². The number of hydrogen-bond donors (Lipinski definition) is 0. The van der Waals surface area contributed by atoms with Gasteiger partial charge in [0.15, 0.2) is 5.43 Å². The highest BCUT2D eigenvalue weighted by Crippen LogP contribution is 2.40. The van der Waals surface area contributed by atoms with Crippen molar-refractivity contribution in [2.45, 2.75) is 6.04 Å². The summed E-state index contributed by atoms with van der Waals surface area (Å²) in [5.74, 6) is -0.607. The minimum atomic E-state index is -0.879. The van der Waals surface area contributed by atoms with Gasteiger partial charge in [-0.1, -0.05) is 24.8 Å². The molecule has 7 nitrogen and oxygen atoms in total. The molecule has 5 rings (SSSR count). The third-order valence-electron chi connectivity index (χ3n) is 5.14. The molecule has 1 aliphatic rings. The van der Waals surface area contributed by atoms with E-state index in [4.69, 9.17) is 9.15 Å². The standard InChI is InChI=1S/C24H16FN3O4/c1-2-11-31-16-6-3-5-14(12-16)20-19-21(29)17-13-15(25)7-8-18(17)32-22(19)23(30)28(20)24-26-9-4-10-27-24/h2-10,12-13,20H,1,11H2. The molecule has 1 aliphatic heterocycles. The summed E-state index contributed by atoms with van der Waals surface area (Å²) in [5, 5.41) is 0.0523. The Hall–Kier alpha value is -4.33. The third-order valence-corrected chi connectivity index (χ3v) is 5.14. The largest absolute Gasteiger partial charge is 0.490 e. The first-order valence-electron chi connectivity index (χ1n) is 9.79. The summed E-state index contributed by atoms with van der Waals surface area (Å²) in [6.07, 6.45) is 4.61. The minimum Gasteiger partial charge on any atom is -0.490 e. The molecule has 4 aromatic rings. The molecule has 1 amide bonds. The number of amides is 1. The SMILES string of the molecule is C=CCOc1cccc(C2c3c(oc4ccc(F)cc4c3=O)C(=O)N2c2ncccn2)c1. The van der Waals surface area contributed by atoms with E-state index in [9.17, 15) is 14.0 Å². The van der Waals surface area contributed by atoms with Crippen LogP contribution in [0.1, 0.15) is 27.7 Å². The molecule has 32 heavy (non-hydrogen) atoms. The zero-order chi connectivity index (χ0) is 22.2. The lowest BCUT2D eigenvalue weighted by Crippen LogP contribution is -2.31. The van der Waals surface area contributed by atoms with Gasteiger partial charge in [-0.3, -0.25) is 14.5 Å². The maximum absolute atomic E-state index is 13.9. The van der Waals surface area contributed by atoms with E-state index in [1.807, 2.05) is 0 Å². The second-order valence-corrected chi connectivity index (χ2v) is 7.11. The van der Waals surface area contributed by atoms with E-state index in [-0.39, 0.29) is 28.2 Å². The van der Waals surface area contributed by atoms with Crippen LogP contribution >= 0.6 is 0 Å². The average molecular weight is 429 g/mol. The number of ether oxygens (including phenoxy) is 1. The maximum Gasteiger partial charge on any atom is 0.297 e. The molecule has 0 bridgehead atoms. The topological polar surface area (TPSA) is 85.5 Å². The maximum atomic E-state index is 13.9. The van der Waals surface area contributed by atoms with Crippen molar-refractivity contribution in [1.82, 2.24) is 9.97 Å². The molecule has 0 saturated carbocycles. The van der Waals surface area contributed by atoms with E-state index >= 15 is 0 Å². The molecule has 0 radical (unpaired) electrons. The van der Waals surface area contributed by atoms with Gasteiger partial charge in [0, 0.05) is 12.4 Å². The summed E-state index contributed by atoms with van der Waals surface area (Å²) >= 11 is 0. The van der Waals surface area contributed by atoms with Crippen LogP contribution in [0.2, 0.25) is 0 Å². The van der Waals surface area contributed by atoms with E-state index in [1.54, 1.807) is 36.4 Å². The summed E-state index contributed by atoms with van der Waals surface area (Å²) in [6, 6.07) is 11.4. The van der Waals surface area contributed by atoms with Gasteiger partial charge in [-0.05, 0) is 42.0 Å². The lowest BCUT2D eigenvalue weighted by atomic mass is 9.98. The zero-order valence-electron chi connectivity index (χ0n) is 16.7. The molecule has 0 N–H and O–H groups in total. The van der Waals surface area contributed by atoms with Crippen LogP contribution in [0.4, 0.5) is 10.3 Å². The molecule has 8 heteroatoms. The second-order valence-electron chi connectivity index (χ2n) is 7.11. The number of carbonyl (C=O) groups is 1. The minimum absolute atomic E-state index is 0.0523. The van der Waals surface area contributed by atoms with Crippen LogP contribution in [0.3, 0.4) is 0 Å². The van der Waals surface area contributed by atoms with Crippen LogP contribution in [0, 0.1) is 5.82 Å². The molecule has 0 saturated heterocycles. The van der Waals surface area contributed by atoms with Crippen LogP contribution in [0.5, 0.6) is 5.75 Å². The number of carbonyl (C=O) groups excluding carboxylic acids is 1. The van der Waals surface area contributed by atoms with Crippen LogP contribution in [0.15, 0.2) is 82.8 Å². The number of fused-ring (bicyclic) bond motifs is 2. The average Bonchev–Trinajstić information content (AvgIpc) is 3.11. The van der Waals surface area contributed by atoms with Gasteiger partial charge in [-0.25, -0.2) is 14.4 Å². The third kappa shape index (κ3) is 3.13. The van der Waals surface area contributed by atoms with Crippen molar-refractivity contribution in [1.29, 1.82) is 0 Å². The molecule has 1 unspecified atom stereocenters. The molecule has 0 fully saturated rings. The predicted molar refractivity (Wildman–Crippen MR) is 115 cm³/mol. The fourth-order valence-electron chi connectivity index (χ4n) is 3.81. The predicted octanol–water partition coefficient (Wildman–Crippen LogP) is 4.04. The number of halogens is 1. The number of hydrogen-bond acceptors (Lipinski definition) is 6. The first-order chi connectivity index (χ1) is 15.6. The molecule has 158 valence electrons. The highest BCUT2D eigenvalue weighted by atomic mass is 19.1.